The molecule has 4 nitrogen and oxygen atoms in total. The quantitative estimate of drug-likeness (QED) is 0.814. The Labute approximate surface area is 112 Å². The Morgan fingerprint density at radius 1 is 1.67 bits per heavy atom. The van der Waals surface area contributed by atoms with Crippen molar-refractivity contribution in [2.24, 2.45) is 0 Å². The fourth-order valence-electron chi connectivity index (χ4n) is 2.11. The van der Waals surface area contributed by atoms with E-state index in [0.717, 1.165) is 19.6 Å². The monoisotopic (exact) mass is 267 g/mol. The average molecular weight is 267 g/mol. The summed E-state index contributed by atoms with van der Waals surface area (Å²) in [6.45, 7) is 7.56. The zero-order valence-corrected chi connectivity index (χ0v) is 11.8. The molecule has 18 heavy (non-hydrogen) atoms. The predicted molar refractivity (Wildman–Crippen MR) is 74.8 cm³/mol. The number of nitrogens with zero attached hydrogens (tertiary/aromatic N) is 1. The molecule has 1 unspecified atom stereocenters. The summed E-state index contributed by atoms with van der Waals surface area (Å²) < 4.78 is 0. The van der Waals surface area contributed by atoms with Gasteiger partial charge in [-0.3, -0.25) is 9.69 Å². The first-order valence-corrected chi connectivity index (χ1v) is 7.36. The second-order valence-electron chi connectivity index (χ2n) is 4.68. The van der Waals surface area contributed by atoms with Gasteiger partial charge in [0.1, 0.15) is 0 Å². The van der Waals surface area contributed by atoms with Crippen molar-refractivity contribution in [1.82, 2.24) is 15.5 Å². The van der Waals surface area contributed by atoms with Gasteiger partial charge in [0.05, 0.1) is 12.6 Å². The number of likely N-dealkylation sites (N-methyl/N-ethyl adjacent to an activating group) is 1. The summed E-state index contributed by atoms with van der Waals surface area (Å²) in [5.41, 5.74) is 0. The molecule has 2 rings (SSSR count). The van der Waals surface area contributed by atoms with Gasteiger partial charge in [0.15, 0.2) is 0 Å². The van der Waals surface area contributed by atoms with Crippen LogP contribution in [-0.2, 0) is 4.79 Å². The Balaban J connectivity index is 1.80. The summed E-state index contributed by atoms with van der Waals surface area (Å²) in [7, 11) is 0. The Bertz CT molecular complexity index is 376. The Morgan fingerprint density at radius 2 is 2.44 bits per heavy atom. The van der Waals surface area contributed by atoms with Gasteiger partial charge in [-0.2, -0.15) is 0 Å². The zero-order chi connectivity index (χ0) is 13.0. The van der Waals surface area contributed by atoms with Crippen LogP contribution in [0.4, 0.5) is 0 Å². The molecule has 1 fully saturated rings. The predicted octanol–water partition coefficient (Wildman–Crippen LogP) is 1.22. The van der Waals surface area contributed by atoms with Gasteiger partial charge < -0.3 is 10.6 Å². The molecule has 5 heteroatoms. The second-order valence-corrected chi connectivity index (χ2v) is 5.66. The maximum atomic E-state index is 12.0. The van der Waals surface area contributed by atoms with E-state index in [2.05, 4.69) is 28.5 Å². The molecule has 1 atom stereocenters. The maximum Gasteiger partial charge on any atom is 0.234 e. The Kier molecular flexibility index (Phi) is 4.74. The minimum Gasteiger partial charge on any atom is -0.348 e. The number of carbonyl (C=O) groups is 1. The highest BCUT2D eigenvalue weighted by Gasteiger charge is 2.25. The molecular formula is C13H21N3OS. The number of hydrogen-bond acceptors (Lipinski definition) is 4. The molecular weight excluding hydrogens is 246 g/mol. The lowest BCUT2D eigenvalue weighted by Gasteiger charge is -2.37. The van der Waals surface area contributed by atoms with E-state index in [1.165, 1.54) is 4.88 Å². The SMILES string of the molecule is CCN(CC(=O)NC(C)c1cccs1)C1CNC1. The third-order valence-corrected chi connectivity index (χ3v) is 4.43. The zero-order valence-electron chi connectivity index (χ0n) is 11.0. The number of nitrogens with one attached hydrogen (secondary N) is 2. The van der Waals surface area contributed by atoms with Crippen LogP contribution in [0, 0.1) is 0 Å². The minimum atomic E-state index is 0.107. The lowest BCUT2D eigenvalue weighted by atomic mass is 10.1. The lowest BCUT2D eigenvalue weighted by molar-refractivity contribution is -0.123. The van der Waals surface area contributed by atoms with Gasteiger partial charge in [0, 0.05) is 24.0 Å². The molecule has 0 aliphatic carbocycles. The van der Waals surface area contributed by atoms with Crippen LogP contribution in [0.15, 0.2) is 17.5 Å². The van der Waals surface area contributed by atoms with Crippen molar-refractivity contribution in [2.75, 3.05) is 26.2 Å². The van der Waals surface area contributed by atoms with E-state index >= 15 is 0 Å². The summed E-state index contributed by atoms with van der Waals surface area (Å²) >= 11 is 1.68. The van der Waals surface area contributed by atoms with Crippen LogP contribution in [0.2, 0.25) is 0 Å². The van der Waals surface area contributed by atoms with Crippen molar-refractivity contribution in [3.8, 4) is 0 Å². The van der Waals surface area contributed by atoms with Crippen LogP contribution in [-0.4, -0.2) is 43.0 Å². The molecule has 2 heterocycles. The van der Waals surface area contributed by atoms with Gasteiger partial charge in [-0.1, -0.05) is 13.0 Å². The summed E-state index contributed by atoms with van der Waals surface area (Å²) in [5, 5.41) is 8.34. The van der Waals surface area contributed by atoms with E-state index in [1.807, 2.05) is 18.4 Å². The molecule has 0 spiro atoms. The van der Waals surface area contributed by atoms with Crippen LogP contribution < -0.4 is 10.6 Å². The number of carbonyl (C=O) groups excluding carboxylic acids is 1. The molecule has 100 valence electrons. The van der Waals surface area contributed by atoms with Crippen LogP contribution in [0.3, 0.4) is 0 Å². The van der Waals surface area contributed by atoms with E-state index in [1.54, 1.807) is 11.3 Å². The van der Waals surface area contributed by atoms with Crippen LogP contribution >= 0.6 is 11.3 Å². The summed E-state index contributed by atoms with van der Waals surface area (Å²) in [4.78, 5) is 15.4. The van der Waals surface area contributed by atoms with Crippen LogP contribution in [0.25, 0.3) is 0 Å². The first kappa shape index (κ1) is 13.5. The fourth-order valence-corrected chi connectivity index (χ4v) is 2.85. The largest absolute Gasteiger partial charge is 0.348 e. The van der Waals surface area contributed by atoms with Crippen molar-refractivity contribution < 1.29 is 4.79 Å². The van der Waals surface area contributed by atoms with Crippen molar-refractivity contribution in [1.29, 1.82) is 0 Å². The van der Waals surface area contributed by atoms with Crippen molar-refractivity contribution >= 4 is 17.2 Å². The van der Waals surface area contributed by atoms with Crippen molar-refractivity contribution in [3.63, 3.8) is 0 Å². The van der Waals surface area contributed by atoms with Gasteiger partial charge in [-0.25, -0.2) is 0 Å². The summed E-state index contributed by atoms with van der Waals surface area (Å²) in [6, 6.07) is 4.71. The normalized spacial score (nSPS) is 17.5. The van der Waals surface area contributed by atoms with E-state index in [0.29, 0.717) is 12.6 Å². The van der Waals surface area contributed by atoms with Crippen LogP contribution in [0.5, 0.6) is 0 Å². The number of thiophene rings is 1. The van der Waals surface area contributed by atoms with E-state index in [4.69, 9.17) is 0 Å². The average Bonchev–Trinajstić information content (AvgIpc) is 2.78. The smallest absolute Gasteiger partial charge is 0.234 e. The molecule has 1 aliphatic rings. The summed E-state index contributed by atoms with van der Waals surface area (Å²) in [6.07, 6.45) is 0. The standard InChI is InChI=1S/C13H21N3OS/c1-3-16(11-7-14-8-11)9-13(17)15-10(2)12-5-4-6-18-12/h4-6,10-11,14H,3,7-9H2,1-2H3,(H,15,17). The molecule has 1 aromatic heterocycles. The van der Waals surface area contributed by atoms with Gasteiger partial charge in [0.2, 0.25) is 5.91 Å². The third-order valence-electron chi connectivity index (χ3n) is 3.38. The summed E-state index contributed by atoms with van der Waals surface area (Å²) in [5.74, 6) is 0.115. The fraction of sp³-hybridized carbons (Fsp3) is 0.615. The second kappa shape index (κ2) is 6.31. The molecule has 0 radical (unpaired) electrons. The highest BCUT2D eigenvalue weighted by molar-refractivity contribution is 7.10. The topological polar surface area (TPSA) is 44.4 Å². The number of rotatable bonds is 6. The van der Waals surface area contributed by atoms with Crippen molar-refractivity contribution in [3.05, 3.63) is 22.4 Å². The molecule has 0 bridgehead atoms. The van der Waals surface area contributed by atoms with E-state index < -0.39 is 0 Å². The molecule has 1 aromatic rings. The molecule has 1 amide bonds. The van der Waals surface area contributed by atoms with Gasteiger partial charge in [0.25, 0.3) is 0 Å². The van der Waals surface area contributed by atoms with Crippen molar-refractivity contribution in [2.45, 2.75) is 25.9 Å². The molecule has 1 aliphatic heterocycles. The minimum absolute atomic E-state index is 0.107. The Morgan fingerprint density at radius 3 is 2.94 bits per heavy atom. The molecule has 2 N–H and O–H groups in total. The lowest BCUT2D eigenvalue weighted by Crippen LogP contribution is -2.58. The number of amides is 1. The first-order valence-electron chi connectivity index (χ1n) is 6.48. The number of hydrogen-bond donors (Lipinski definition) is 2. The highest BCUT2D eigenvalue weighted by Crippen LogP contribution is 2.18. The Hall–Kier alpha value is -0.910. The van der Waals surface area contributed by atoms with E-state index in [-0.39, 0.29) is 11.9 Å². The molecule has 1 saturated heterocycles. The van der Waals surface area contributed by atoms with E-state index in [9.17, 15) is 4.79 Å². The highest BCUT2D eigenvalue weighted by atomic mass is 32.1. The molecule has 0 saturated carbocycles. The first-order chi connectivity index (χ1) is 8.70. The van der Waals surface area contributed by atoms with Gasteiger partial charge >= 0.3 is 0 Å². The van der Waals surface area contributed by atoms with Gasteiger partial charge in [-0.15, -0.1) is 11.3 Å². The van der Waals surface area contributed by atoms with Crippen LogP contribution in [0.1, 0.15) is 24.8 Å². The van der Waals surface area contributed by atoms with Gasteiger partial charge in [-0.05, 0) is 24.9 Å². The maximum absolute atomic E-state index is 12.0. The third kappa shape index (κ3) is 3.31. The molecule has 0 aromatic carbocycles.